The van der Waals surface area contributed by atoms with E-state index in [2.05, 4.69) is 33.8 Å². The van der Waals surface area contributed by atoms with E-state index in [-0.39, 0.29) is 0 Å². The highest BCUT2D eigenvalue weighted by Gasteiger charge is 2.15. The van der Waals surface area contributed by atoms with E-state index in [1.165, 1.54) is 5.56 Å². The molecule has 0 heterocycles. The Bertz CT molecular complexity index is 388. The van der Waals surface area contributed by atoms with Crippen LogP contribution < -0.4 is 5.73 Å². The van der Waals surface area contributed by atoms with Crippen molar-refractivity contribution < 1.29 is 9.47 Å². The van der Waals surface area contributed by atoms with Crippen molar-refractivity contribution in [1.29, 1.82) is 0 Å². The molecule has 0 bridgehead atoms. The van der Waals surface area contributed by atoms with Gasteiger partial charge in [0.15, 0.2) is 0 Å². The Labute approximate surface area is 124 Å². The van der Waals surface area contributed by atoms with Gasteiger partial charge in [-0.1, -0.05) is 22.0 Å². The summed E-state index contributed by atoms with van der Waals surface area (Å²) in [5.41, 5.74) is 7.75. The third kappa shape index (κ3) is 5.48. The Morgan fingerprint density at radius 1 is 1.32 bits per heavy atom. The van der Waals surface area contributed by atoms with E-state index in [4.69, 9.17) is 15.2 Å². The first-order valence-corrected chi connectivity index (χ1v) is 7.13. The fourth-order valence-corrected chi connectivity index (χ4v) is 2.44. The summed E-state index contributed by atoms with van der Waals surface area (Å²) in [5, 5.41) is 0. The first kappa shape index (κ1) is 16.4. The van der Waals surface area contributed by atoms with Gasteiger partial charge in [-0.05, 0) is 24.6 Å². The zero-order valence-corrected chi connectivity index (χ0v) is 13.4. The van der Waals surface area contributed by atoms with Crippen LogP contribution in [0.25, 0.3) is 0 Å². The lowest BCUT2D eigenvalue weighted by molar-refractivity contribution is 0.0704. The lowest BCUT2D eigenvalue weighted by Crippen LogP contribution is -2.38. The van der Waals surface area contributed by atoms with Crippen molar-refractivity contribution in [3.63, 3.8) is 0 Å². The highest BCUT2D eigenvalue weighted by atomic mass is 79.9. The third-order valence-corrected chi connectivity index (χ3v) is 3.80. The largest absolute Gasteiger partial charge is 0.399 e. The van der Waals surface area contributed by atoms with Crippen LogP contribution in [0.2, 0.25) is 0 Å². The minimum absolute atomic E-state index is 0.338. The van der Waals surface area contributed by atoms with Gasteiger partial charge in [-0.15, -0.1) is 0 Å². The summed E-state index contributed by atoms with van der Waals surface area (Å²) in [6, 6.07) is 6.25. The van der Waals surface area contributed by atoms with Gasteiger partial charge in [0, 0.05) is 43.5 Å². The molecular formula is C14H23BrN2O2. The van der Waals surface area contributed by atoms with Crippen LogP contribution in [-0.4, -0.2) is 44.9 Å². The summed E-state index contributed by atoms with van der Waals surface area (Å²) in [7, 11) is 3.45. The molecule has 0 aliphatic heterocycles. The second-order valence-corrected chi connectivity index (χ2v) is 5.47. The molecule has 2 N–H and O–H groups in total. The molecule has 0 saturated carbocycles. The molecule has 1 unspecified atom stereocenters. The number of nitrogens with two attached hydrogens (primary N) is 1. The van der Waals surface area contributed by atoms with Crippen molar-refractivity contribution in [2.75, 3.05) is 39.7 Å². The van der Waals surface area contributed by atoms with Crippen LogP contribution >= 0.6 is 15.9 Å². The Hall–Kier alpha value is -0.620. The van der Waals surface area contributed by atoms with E-state index >= 15 is 0 Å². The van der Waals surface area contributed by atoms with Gasteiger partial charge in [0.25, 0.3) is 0 Å². The SMILES string of the molecule is COCCN(Cc1ccc(N)cc1Br)C(C)COC. The molecule has 1 aromatic rings. The predicted molar refractivity (Wildman–Crippen MR) is 82.2 cm³/mol. The van der Waals surface area contributed by atoms with Gasteiger partial charge in [-0.3, -0.25) is 4.90 Å². The van der Waals surface area contributed by atoms with Gasteiger partial charge < -0.3 is 15.2 Å². The predicted octanol–water partition coefficient (Wildman–Crippen LogP) is 2.51. The second kappa shape index (κ2) is 8.53. The molecule has 0 aliphatic rings. The normalized spacial score (nSPS) is 12.9. The topological polar surface area (TPSA) is 47.7 Å². The number of rotatable bonds is 8. The second-order valence-electron chi connectivity index (χ2n) is 4.62. The number of hydrogen-bond acceptors (Lipinski definition) is 4. The van der Waals surface area contributed by atoms with Gasteiger partial charge in [-0.25, -0.2) is 0 Å². The summed E-state index contributed by atoms with van der Waals surface area (Å²) in [6.45, 7) is 5.29. The lowest BCUT2D eigenvalue weighted by Gasteiger charge is -2.28. The summed E-state index contributed by atoms with van der Waals surface area (Å²) < 4.78 is 11.5. The fraction of sp³-hybridized carbons (Fsp3) is 0.571. The summed E-state index contributed by atoms with van der Waals surface area (Å²) >= 11 is 3.56. The van der Waals surface area contributed by atoms with Crippen LogP contribution in [0.1, 0.15) is 12.5 Å². The molecule has 1 atom stereocenters. The smallest absolute Gasteiger partial charge is 0.0615 e. The summed E-state index contributed by atoms with van der Waals surface area (Å²) in [6.07, 6.45) is 0. The molecule has 0 saturated heterocycles. The highest BCUT2D eigenvalue weighted by Crippen LogP contribution is 2.22. The molecular weight excluding hydrogens is 308 g/mol. The van der Waals surface area contributed by atoms with Crippen LogP contribution in [0, 0.1) is 0 Å². The van der Waals surface area contributed by atoms with E-state index in [1.807, 2.05) is 12.1 Å². The van der Waals surface area contributed by atoms with Crippen LogP contribution in [-0.2, 0) is 16.0 Å². The number of hydrogen-bond donors (Lipinski definition) is 1. The summed E-state index contributed by atoms with van der Waals surface area (Å²) in [5.74, 6) is 0. The maximum absolute atomic E-state index is 5.76. The van der Waals surface area contributed by atoms with E-state index in [1.54, 1.807) is 14.2 Å². The van der Waals surface area contributed by atoms with Gasteiger partial charge in [0.2, 0.25) is 0 Å². The molecule has 0 spiro atoms. The number of methoxy groups -OCH3 is 2. The highest BCUT2D eigenvalue weighted by molar-refractivity contribution is 9.10. The molecule has 0 aromatic heterocycles. The van der Waals surface area contributed by atoms with Crippen molar-refractivity contribution in [3.8, 4) is 0 Å². The zero-order valence-electron chi connectivity index (χ0n) is 11.9. The first-order valence-electron chi connectivity index (χ1n) is 6.34. The molecule has 0 radical (unpaired) electrons. The molecule has 0 amide bonds. The molecule has 19 heavy (non-hydrogen) atoms. The quantitative estimate of drug-likeness (QED) is 0.744. The zero-order chi connectivity index (χ0) is 14.3. The number of nitrogens with zero attached hydrogens (tertiary/aromatic N) is 1. The standard InChI is InChI=1S/C14H23BrN2O2/c1-11(10-19-3)17(6-7-18-2)9-12-4-5-13(16)8-14(12)15/h4-5,8,11H,6-7,9-10,16H2,1-3H3. The minimum Gasteiger partial charge on any atom is -0.399 e. The van der Waals surface area contributed by atoms with Gasteiger partial charge in [0.05, 0.1) is 13.2 Å². The molecule has 5 heteroatoms. The van der Waals surface area contributed by atoms with E-state index < -0.39 is 0 Å². The average Bonchev–Trinajstić information content (AvgIpc) is 2.37. The van der Waals surface area contributed by atoms with Crippen LogP contribution in [0.5, 0.6) is 0 Å². The van der Waals surface area contributed by atoms with E-state index in [9.17, 15) is 0 Å². The van der Waals surface area contributed by atoms with Crippen LogP contribution in [0.4, 0.5) is 5.69 Å². The third-order valence-electron chi connectivity index (χ3n) is 3.06. The van der Waals surface area contributed by atoms with Crippen molar-refractivity contribution in [1.82, 2.24) is 4.90 Å². The molecule has 1 rings (SSSR count). The molecule has 0 fully saturated rings. The Kier molecular flexibility index (Phi) is 7.38. The van der Waals surface area contributed by atoms with E-state index in [0.29, 0.717) is 19.3 Å². The Morgan fingerprint density at radius 2 is 2.05 bits per heavy atom. The van der Waals surface area contributed by atoms with E-state index in [0.717, 1.165) is 23.2 Å². The summed E-state index contributed by atoms with van der Waals surface area (Å²) in [4.78, 5) is 2.34. The maximum atomic E-state index is 5.76. The first-order chi connectivity index (χ1) is 9.08. The van der Waals surface area contributed by atoms with Crippen LogP contribution in [0.3, 0.4) is 0 Å². The van der Waals surface area contributed by atoms with Crippen molar-refractivity contribution in [3.05, 3.63) is 28.2 Å². The minimum atomic E-state index is 0.338. The Balaban J connectivity index is 2.74. The number of nitrogen functional groups attached to an aromatic ring is 1. The van der Waals surface area contributed by atoms with Gasteiger partial charge >= 0.3 is 0 Å². The molecule has 1 aromatic carbocycles. The van der Waals surface area contributed by atoms with Crippen molar-refractivity contribution in [2.45, 2.75) is 19.5 Å². The number of halogens is 1. The molecule has 108 valence electrons. The number of benzene rings is 1. The monoisotopic (exact) mass is 330 g/mol. The van der Waals surface area contributed by atoms with Gasteiger partial charge in [-0.2, -0.15) is 0 Å². The lowest BCUT2D eigenvalue weighted by atomic mass is 10.1. The number of anilines is 1. The maximum Gasteiger partial charge on any atom is 0.0615 e. The fourth-order valence-electron chi connectivity index (χ4n) is 1.92. The molecule has 0 aliphatic carbocycles. The van der Waals surface area contributed by atoms with Crippen molar-refractivity contribution in [2.24, 2.45) is 0 Å². The van der Waals surface area contributed by atoms with Crippen LogP contribution in [0.15, 0.2) is 22.7 Å². The number of ether oxygens (including phenoxy) is 2. The molecule has 4 nitrogen and oxygen atoms in total. The average molecular weight is 331 g/mol. The Morgan fingerprint density at radius 3 is 2.63 bits per heavy atom. The van der Waals surface area contributed by atoms with Crippen molar-refractivity contribution >= 4 is 21.6 Å². The van der Waals surface area contributed by atoms with Gasteiger partial charge in [0.1, 0.15) is 0 Å².